The Morgan fingerprint density at radius 1 is 1.47 bits per heavy atom. The van der Waals surface area contributed by atoms with E-state index in [4.69, 9.17) is 0 Å². The minimum Gasteiger partial charge on any atom is -0.298 e. The van der Waals surface area contributed by atoms with Gasteiger partial charge in [0.25, 0.3) is 0 Å². The first-order chi connectivity index (χ1) is 7.22. The Morgan fingerprint density at radius 2 is 2.27 bits per heavy atom. The average molecular weight is 207 g/mol. The van der Waals surface area contributed by atoms with E-state index >= 15 is 0 Å². The van der Waals surface area contributed by atoms with Crippen LogP contribution < -0.4 is 0 Å². The molecule has 2 rings (SSSR count). The highest BCUT2D eigenvalue weighted by atomic mass is 16.1. The zero-order valence-corrected chi connectivity index (χ0v) is 9.31. The third-order valence-corrected chi connectivity index (χ3v) is 3.17. The van der Waals surface area contributed by atoms with Crippen molar-refractivity contribution in [3.05, 3.63) is 17.5 Å². The molecule has 15 heavy (non-hydrogen) atoms. The molecular formula is C11H17N3O. The first kappa shape index (κ1) is 10.4. The lowest BCUT2D eigenvalue weighted by molar-refractivity contribution is 0.111. The van der Waals surface area contributed by atoms with Gasteiger partial charge in [0, 0.05) is 7.05 Å². The Hall–Kier alpha value is -1.16. The van der Waals surface area contributed by atoms with E-state index in [1.807, 2.05) is 13.1 Å². The van der Waals surface area contributed by atoms with Gasteiger partial charge >= 0.3 is 0 Å². The molecule has 1 aromatic rings. The molecule has 1 aromatic heterocycles. The standard InChI is InChI=1S/C11H17N3O/c1-13-6-4-3-5-11(13)10-7-9(8-15)14(2)12-10/h7-8,11H,3-6H2,1-2H3. The van der Waals surface area contributed by atoms with E-state index in [0.29, 0.717) is 11.7 Å². The predicted molar refractivity (Wildman–Crippen MR) is 57.8 cm³/mol. The first-order valence-electron chi connectivity index (χ1n) is 5.41. The van der Waals surface area contributed by atoms with Crippen molar-refractivity contribution in [1.29, 1.82) is 0 Å². The number of piperidine rings is 1. The molecule has 0 aliphatic carbocycles. The van der Waals surface area contributed by atoms with E-state index < -0.39 is 0 Å². The van der Waals surface area contributed by atoms with Crippen LogP contribution in [0.1, 0.15) is 41.5 Å². The molecule has 1 aliphatic heterocycles. The van der Waals surface area contributed by atoms with Gasteiger partial charge in [-0.05, 0) is 32.5 Å². The molecule has 0 spiro atoms. The van der Waals surface area contributed by atoms with E-state index in [0.717, 1.165) is 24.9 Å². The third-order valence-electron chi connectivity index (χ3n) is 3.17. The van der Waals surface area contributed by atoms with Crippen molar-refractivity contribution in [3.63, 3.8) is 0 Å². The fraction of sp³-hybridized carbons (Fsp3) is 0.636. The Labute approximate surface area is 89.9 Å². The molecule has 82 valence electrons. The van der Waals surface area contributed by atoms with Crippen LogP contribution in [-0.4, -0.2) is 34.6 Å². The number of hydrogen-bond donors (Lipinski definition) is 0. The summed E-state index contributed by atoms with van der Waals surface area (Å²) in [5.41, 5.74) is 1.69. The molecule has 0 bridgehead atoms. The highest BCUT2D eigenvalue weighted by Crippen LogP contribution is 2.28. The molecule has 0 aromatic carbocycles. The highest BCUT2D eigenvalue weighted by molar-refractivity contribution is 5.72. The summed E-state index contributed by atoms with van der Waals surface area (Å²) in [7, 11) is 3.94. The number of nitrogens with zero attached hydrogens (tertiary/aromatic N) is 3. The van der Waals surface area contributed by atoms with Crippen molar-refractivity contribution in [2.75, 3.05) is 13.6 Å². The second-order valence-electron chi connectivity index (χ2n) is 4.23. The molecule has 0 radical (unpaired) electrons. The largest absolute Gasteiger partial charge is 0.298 e. The molecule has 1 saturated heterocycles. The van der Waals surface area contributed by atoms with Gasteiger partial charge in [0.05, 0.1) is 11.7 Å². The molecule has 1 fully saturated rings. The fourth-order valence-corrected chi connectivity index (χ4v) is 2.23. The van der Waals surface area contributed by atoms with E-state index in [-0.39, 0.29) is 0 Å². The lowest BCUT2D eigenvalue weighted by atomic mass is 10.0. The number of rotatable bonds is 2. The fourth-order valence-electron chi connectivity index (χ4n) is 2.23. The van der Waals surface area contributed by atoms with Crippen LogP contribution in [0, 0.1) is 0 Å². The second-order valence-corrected chi connectivity index (χ2v) is 4.23. The summed E-state index contributed by atoms with van der Waals surface area (Å²) in [5, 5.41) is 4.40. The third kappa shape index (κ3) is 1.95. The normalized spacial score (nSPS) is 22.9. The summed E-state index contributed by atoms with van der Waals surface area (Å²) < 4.78 is 1.66. The quantitative estimate of drug-likeness (QED) is 0.688. The van der Waals surface area contributed by atoms with Crippen LogP contribution in [0.15, 0.2) is 6.07 Å². The Balaban J connectivity index is 2.23. The molecule has 4 nitrogen and oxygen atoms in total. The van der Waals surface area contributed by atoms with Gasteiger partial charge in [-0.1, -0.05) is 6.42 Å². The molecule has 1 aliphatic rings. The number of carbonyl (C=O) groups is 1. The van der Waals surface area contributed by atoms with Crippen molar-refractivity contribution in [2.45, 2.75) is 25.3 Å². The Kier molecular flexibility index (Phi) is 2.86. The van der Waals surface area contributed by atoms with Gasteiger partial charge in [0.15, 0.2) is 6.29 Å². The average Bonchev–Trinajstić information content (AvgIpc) is 2.60. The Morgan fingerprint density at radius 3 is 2.87 bits per heavy atom. The lowest BCUT2D eigenvalue weighted by Crippen LogP contribution is -2.29. The molecule has 1 unspecified atom stereocenters. The van der Waals surface area contributed by atoms with Crippen LogP contribution in [0.5, 0.6) is 0 Å². The first-order valence-corrected chi connectivity index (χ1v) is 5.41. The number of likely N-dealkylation sites (tertiary alicyclic amines) is 1. The highest BCUT2D eigenvalue weighted by Gasteiger charge is 2.23. The summed E-state index contributed by atoms with van der Waals surface area (Å²) in [5.74, 6) is 0. The van der Waals surface area contributed by atoms with Crippen LogP contribution >= 0.6 is 0 Å². The van der Waals surface area contributed by atoms with Crippen LogP contribution in [0.4, 0.5) is 0 Å². The van der Waals surface area contributed by atoms with E-state index in [9.17, 15) is 4.79 Å². The van der Waals surface area contributed by atoms with Crippen molar-refractivity contribution < 1.29 is 4.79 Å². The van der Waals surface area contributed by atoms with Gasteiger partial charge in [-0.15, -0.1) is 0 Å². The van der Waals surface area contributed by atoms with Gasteiger partial charge in [-0.25, -0.2) is 0 Å². The molecule has 2 heterocycles. The maximum Gasteiger partial charge on any atom is 0.168 e. The monoisotopic (exact) mass is 207 g/mol. The molecule has 1 atom stereocenters. The minimum absolute atomic E-state index is 0.388. The van der Waals surface area contributed by atoms with Crippen LogP contribution in [0.3, 0.4) is 0 Å². The maximum atomic E-state index is 10.7. The minimum atomic E-state index is 0.388. The van der Waals surface area contributed by atoms with Crippen molar-refractivity contribution in [1.82, 2.24) is 14.7 Å². The molecule has 4 heteroatoms. The number of aromatic nitrogens is 2. The molecular weight excluding hydrogens is 190 g/mol. The van der Waals surface area contributed by atoms with E-state index in [1.165, 1.54) is 12.8 Å². The zero-order chi connectivity index (χ0) is 10.8. The number of aryl methyl sites for hydroxylation is 1. The van der Waals surface area contributed by atoms with Crippen LogP contribution in [0.25, 0.3) is 0 Å². The second kappa shape index (κ2) is 4.14. The zero-order valence-electron chi connectivity index (χ0n) is 9.31. The maximum absolute atomic E-state index is 10.7. The summed E-state index contributed by atoms with van der Waals surface area (Å²) in [6.45, 7) is 1.12. The summed E-state index contributed by atoms with van der Waals surface area (Å²) in [6, 6.07) is 2.29. The summed E-state index contributed by atoms with van der Waals surface area (Å²) >= 11 is 0. The Bertz CT molecular complexity index is 359. The van der Waals surface area contributed by atoms with Gasteiger partial charge in [-0.2, -0.15) is 5.10 Å². The van der Waals surface area contributed by atoms with Crippen LogP contribution in [0.2, 0.25) is 0 Å². The summed E-state index contributed by atoms with van der Waals surface area (Å²) in [4.78, 5) is 13.1. The molecule has 0 saturated carbocycles. The van der Waals surface area contributed by atoms with E-state index in [1.54, 1.807) is 4.68 Å². The van der Waals surface area contributed by atoms with E-state index in [2.05, 4.69) is 17.0 Å². The number of aldehydes is 1. The van der Waals surface area contributed by atoms with Crippen LogP contribution in [-0.2, 0) is 7.05 Å². The number of hydrogen-bond acceptors (Lipinski definition) is 3. The lowest BCUT2D eigenvalue weighted by Gasteiger charge is -2.31. The molecule has 0 N–H and O–H groups in total. The SMILES string of the molecule is CN1CCCCC1c1cc(C=O)n(C)n1. The molecule has 0 amide bonds. The topological polar surface area (TPSA) is 38.1 Å². The number of carbonyl (C=O) groups excluding carboxylic acids is 1. The summed E-state index contributed by atoms with van der Waals surface area (Å²) in [6.07, 6.45) is 4.52. The van der Waals surface area contributed by atoms with Crippen molar-refractivity contribution in [3.8, 4) is 0 Å². The predicted octanol–water partition coefficient (Wildman–Crippen LogP) is 1.39. The van der Waals surface area contributed by atoms with Gasteiger partial charge in [0.2, 0.25) is 0 Å². The van der Waals surface area contributed by atoms with Gasteiger partial charge < -0.3 is 0 Å². The smallest absolute Gasteiger partial charge is 0.168 e. The van der Waals surface area contributed by atoms with Crippen molar-refractivity contribution in [2.24, 2.45) is 7.05 Å². The van der Waals surface area contributed by atoms with Gasteiger partial charge in [-0.3, -0.25) is 14.4 Å². The van der Waals surface area contributed by atoms with Gasteiger partial charge in [0.1, 0.15) is 5.69 Å². The van der Waals surface area contributed by atoms with Crippen molar-refractivity contribution >= 4 is 6.29 Å².